The van der Waals surface area contributed by atoms with Gasteiger partial charge in [-0.1, -0.05) is 0 Å². The van der Waals surface area contributed by atoms with E-state index in [9.17, 15) is 4.79 Å². The number of nitrogens with one attached hydrogen (secondary N) is 3. The van der Waals surface area contributed by atoms with Gasteiger partial charge in [-0.15, -0.1) is 0 Å². The number of pyridine rings is 1. The minimum Gasteiger partial charge on any atom is -0.351 e. The van der Waals surface area contributed by atoms with Gasteiger partial charge in [-0.3, -0.25) is 9.79 Å². The number of aliphatic imine (C=N–C) groups is 1. The zero-order valence-electron chi connectivity index (χ0n) is 9.42. The maximum Gasteiger partial charge on any atom is 0.257 e. The van der Waals surface area contributed by atoms with Crippen molar-refractivity contribution in [3.05, 3.63) is 29.6 Å². The molecule has 0 radical (unpaired) electrons. The topological polar surface area (TPSA) is 67.6 Å². The van der Waals surface area contributed by atoms with Crippen LogP contribution in [0.2, 0.25) is 0 Å². The van der Waals surface area contributed by atoms with Crippen LogP contribution in [-0.2, 0) is 6.54 Å². The maximum absolute atomic E-state index is 11.6. The van der Waals surface area contributed by atoms with Crippen molar-refractivity contribution in [3.8, 4) is 0 Å². The van der Waals surface area contributed by atoms with E-state index in [-0.39, 0.29) is 5.91 Å². The lowest BCUT2D eigenvalue weighted by atomic mass is 10.2. The lowest BCUT2D eigenvalue weighted by Crippen LogP contribution is -2.31. The van der Waals surface area contributed by atoms with Crippen LogP contribution in [0.15, 0.2) is 23.3 Å². The van der Waals surface area contributed by atoms with Gasteiger partial charge in [-0.25, -0.2) is 4.98 Å². The Hall–Kier alpha value is -1.75. The van der Waals surface area contributed by atoms with Crippen LogP contribution in [0.25, 0.3) is 0 Å². The molecule has 1 rings (SSSR count). The van der Waals surface area contributed by atoms with Gasteiger partial charge in [0.1, 0.15) is 12.1 Å². The molecular weight excluding hydrogens is 204 g/mol. The smallest absolute Gasteiger partial charge is 0.257 e. The molecule has 1 aromatic heterocycles. The summed E-state index contributed by atoms with van der Waals surface area (Å²) in [4.78, 5) is 18.3. The fraction of sp³-hybridized carbons (Fsp3) is 0.364. The zero-order chi connectivity index (χ0) is 11.8. The summed E-state index contributed by atoms with van der Waals surface area (Å²) in [7, 11) is 1.84. The monoisotopic (exact) mass is 221 g/mol. The first-order chi connectivity index (χ1) is 7.77. The third-order valence-electron chi connectivity index (χ3n) is 2.08. The van der Waals surface area contributed by atoms with Crippen molar-refractivity contribution in [2.24, 2.45) is 4.99 Å². The number of hydrogen-bond donors (Lipinski definition) is 2. The number of likely N-dealkylation sites (N-methyl/N-ethyl adjacent to an activating group) is 1. The SMILES string of the molecule is C=NCc1ccc(C(=O)NCCNC)c[nH+]1. The summed E-state index contributed by atoms with van der Waals surface area (Å²) in [6, 6.07) is 3.60. The predicted octanol–water partition coefficient (Wildman–Crippen LogP) is -0.349. The van der Waals surface area contributed by atoms with Gasteiger partial charge >= 0.3 is 0 Å². The molecule has 16 heavy (non-hydrogen) atoms. The Morgan fingerprint density at radius 3 is 2.88 bits per heavy atom. The molecule has 0 saturated heterocycles. The Bertz CT molecular complexity index is 348. The van der Waals surface area contributed by atoms with Crippen LogP contribution in [0.5, 0.6) is 0 Å². The molecule has 5 heteroatoms. The summed E-state index contributed by atoms with van der Waals surface area (Å²) in [6.45, 7) is 5.31. The van der Waals surface area contributed by atoms with Crippen molar-refractivity contribution in [2.75, 3.05) is 20.1 Å². The second kappa shape index (κ2) is 6.68. The van der Waals surface area contributed by atoms with Crippen molar-refractivity contribution >= 4 is 12.6 Å². The highest BCUT2D eigenvalue weighted by atomic mass is 16.1. The fourth-order valence-electron chi connectivity index (χ4n) is 1.22. The predicted molar refractivity (Wildman–Crippen MR) is 62.5 cm³/mol. The second-order valence-corrected chi connectivity index (χ2v) is 3.34. The molecule has 0 fully saturated rings. The highest BCUT2D eigenvalue weighted by Crippen LogP contribution is 1.97. The molecule has 0 unspecified atom stereocenters. The second-order valence-electron chi connectivity index (χ2n) is 3.34. The van der Waals surface area contributed by atoms with Crippen LogP contribution in [0.4, 0.5) is 0 Å². The molecule has 0 bridgehead atoms. The Labute approximate surface area is 95.0 Å². The Balaban J connectivity index is 2.52. The first-order valence-electron chi connectivity index (χ1n) is 5.14. The largest absolute Gasteiger partial charge is 0.351 e. The van der Waals surface area contributed by atoms with Crippen LogP contribution < -0.4 is 15.6 Å². The average Bonchev–Trinajstić information content (AvgIpc) is 2.30. The highest BCUT2D eigenvalue weighted by molar-refractivity contribution is 5.93. The summed E-state index contributed by atoms with van der Waals surface area (Å²) in [6.07, 6.45) is 1.68. The average molecular weight is 221 g/mol. The fourth-order valence-corrected chi connectivity index (χ4v) is 1.22. The van der Waals surface area contributed by atoms with Crippen molar-refractivity contribution in [3.63, 3.8) is 0 Å². The lowest BCUT2D eigenvalue weighted by Gasteiger charge is -2.02. The number of aromatic nitrogens is 1. The van der Waals surface area contributed by atoms with Gasteiger partial charge in [0.25, 0.3) is 5.91 Å². The van der Waals surface area contributed by atoms with Gasteiger partial charge < -0.3 is 10.6 Å². The molecule has 0 spiro atoms. The molecule has 3 N–H and O–H groups in total. The Kier molecular flexibility index (Phi) is 5.15. The molecule has 0 aliphatic carbocycles. The van der Waals surface area contributed by atoms with E-state index in [1.807, 2.05) is 13.1 Å². The van der Waals surface area contributed by atoms with E-state index in [1.165, 1.54) is 0 Å². The molecule has 86 valence electrons. The van der Waals surface area contributed by atoms with E-state index < -0.39 is 0 Å². The number of aromatic amines is 1. The van der Waals surface area contributed by atoms with Crippen molar-refractivity contribution in [2.45, 2.75) is 6.54 Å². The van der Waals surface area contributed by atoms with Crippen molar-refractivity contribution in [1.82, 2.24) is 10.6 Å². The van der Waals surface area contributed by atoms with Crippen LogP contribution in [0.3, 0.4) is 0 Å². The molecule has 0 saturated carbocycles. The minimum absolute atomic E-state index is 0.0791. The minimum atomic E-state index is -0.0791. The molecule has 0 aromatic carbocycles. The highest BCUT2D eigenvalue weighted by Gasteiger charge is 2.08. The standard InChI is InChI=1S/C11H16N4O/c1-12-5-6-14-11(16)9-3-4-10(8-13-2)15-7-9/h3-4,7,12H,2,5-6,8H2,1H3,(H,14,16)/p+1. The number of carbonyl (C=O) groups excluding carboxylic acids is 1. The molecule has 1 amide bonds. The van der Waals surface area contributed by atoms with Gasteiger partial charge in [0.05, 0.1) is 0 Å². The normalized spacial score (nSPS) is 9.81. The third kappa shape index (κ3) is 3.78. The molecule has 1 aromatic rings. The molecule has 0 aliphatic heterocycles. The van der Waals surface area contributed by atoms with E-state index >= 15 is 0 Å². The Morgan fingerprint density at radius 2 is 2.31 bits per heavy atom. The van der Waals surface area contributed by atoms with Gasteiger partial charge in [-0.05, 0) is 19.8 Å². The molecule has 0 atom stereocenters. The van der Waals surface area contributed by atoms with Gasteiger partial charge in [0.2, 0.25) is 5.69 Å². The first-order valence-corrected chi connectivity index (χ1v) is 5.14. The number of H-pyrrole nitrogens is 1. The van der Waals surface area contributed by atoms with Gasteiger partial charge in [-0.2, -0.15) is 0 Å². The maximum atomic E-state index is 11.6. The number of nitrogens with zero attached hydrogens (tertiary/aromatic N) is 1. The Morgan fingerprint density at radius 1 is 1.50 bits per heavy atom. The molecular formula is C11H17N4O+. The van der Waals surface area contributed by atoms with E-state index in [0.29, 0.717) is 18.7 Å². The summed E-state index contributed by atoms with van der Waals surface area (Å²) in [5, 5.41) is 5.75. The number of hydrogen-bond acceptors (Lipinski definition) is 3. The quantitative estimate of drug-likeness (QED) is 0.509. The summed E-state index contributed by atoms with van der Waals surface area (Å²) in [5.74, 6) is -0.0791. The molecule has 1 heterocycles. The van der Waals surface area contributed by atoms with E-state index in [4.69, 9.17) is 0 Å². The van der Waals surface area contributed by atoms with Crippen LogP contribution >= 0.6 is 0 Å². The van der Waals surface area contributed by atoms with Crippen LogP contribution in [0.1, 0.15) is 16.1 Å². The molecule has 0 aliphatic rings. The number of amides is 1. The summed E-state index contributed by atoms with van der Waals surface area (Å²) in [5.41, 5.74) is 1.55. The van der Waals surface area contributed by atoms with Crippen LogP contribution in [0, 0.1) is 0 Å². The third-order valence-corrected chi connectivity index (χ3v) is 2.08. The lowest BCUT2D eigenvalue weighted by molar-refractivity contribution is -0.390. The number of rotatable bonds is 6. The van der Waals surface area contributed by atoms with Gasteiger partial charge in [0, 0.05) is 19.2 Å². The summed E-state index contributed by atoms with van der Waals surface area (Å²) >= 11 is 0. The summed E-state index contributed by atoms with van der Waals surface area (Å²) < 4.78 is 0. The molecule has 5 nitrogen and oxygen atoms in total. The number of carbonyl (C=O) groups is 1. The first kappa shape index (κ1) is 12.3. The van der Waals surface area contributed by atoms with Gasteiger partial charge in [0.15, 0.2) is 6.20 Å². The van der Waals surface area contributed by atoms with Crippen LogP contribution in [-0.4, -0.2) is 32.8 Å². The van der Waals surface area contributed by atoms with Crippen molar-refractivity contribution < 1.29 is 9.78 Å². The zero-order valence-corrected chi connectivity index (χ0v) is 9.42. The van der Waals surface area contributed by atoms with E-state index in [0.717, 1.165) is 12.2 Å². The van der Waals surface area contributed by atoms with E-state index in [1.54, 1.807) is 12.3 Å². The van der Waals surface area contributed by atoms with E-state index in [2.05, 4.69) is 27.3 Å². The van der Waals surface area contributed by atoms with Crippen molar-refractivity contribution in [1.29, 1.82) is 0 Å².